The van der Waals surface area contributed by atoms with Crippen LogP contribution in [0.5, 0.6) is 0 Å². The summed E-state index contributed by atoms with van der Waals surface area (Å²) in [6.07, 6.45) is 0.219. The SMILES string of the molecule is CC(C)CC(O)CNC(=O)c1ccc(C(C)(C)C)cc1. The van der Waals surface area contributed by atoms with Crippen molar-refractivity contribution < 1.29 is 9.90 Å². The molecule has 3 nitrogen and oxygen atoms in total. The maximum Gasteiger partial charge on any atom is 0.251 e. The topological polar surface area (TPSA) is 49.3 Å². The van der Waals surface area contributed by atoms with E-state index >= 15 is 0 Å². The Hall–Kier alpha value is -1.35. The fourth-order valence-electron chi connectivity index (χ4n) is 2.06. The Morgan fingerprint density at radius 2 is 1.75 bits per heavy atom. The molecule has 0 radical (unpaired) electrons. The Morgan fingerprint density at radius 3 is 2.20 bits per heavy atom. The average molecular weight is 277 g/mol. The first kappa shape index (κ1) is 16.7. The van der Waals surface area contributed by atoms with E-state index in [9.17, 15) is 9.90 Å². The third-order valence-electron chi connectivity index (χ3n) is 3.25. The summed E-state index contributed by atoms with van der Waals surface area (Å²) in [4.78, 5) is 12.0. The molecule has 1 unspecified atom stereocenters. The molecular formula is C17H27NO2. The van der Waals surface area contributed by atoms with Gasteiger partial charge in [0, 0.05) is 12.1 Å². The van der Waals surface area contributed by atoms with Crippen LogP contribution in [-0.2, 0) is 5.41 Å². The van der Waals surface area contributed by atoms with Gasteiger partial charge in [0.2, 0.25) is 0 Å². The summed E-state index contributed by atoms with van der Waals surface area (Å²) in [5, 5.41) is 12.5. The van der Waals surface area contributed by atoms with Crippen LogP contribution in [0.3, 0.4) is 0 Å². The quantitative estimate of drug-likeness (QED) is 0.868. The van der Waals surface area contributed by atoms with Crippen LogP contribution >= 0.6 is 0 Å². The summed E-state index contributed by atoms with van der Waals surface area (Å²) in [6, 6.07) is 7.65. The Labute approximate surface area is 122 Å². The van der Waals surface area contributed by atoms with Crippen molar-refractivity contribution in [1.82, 2.24) is 5.32 Å². The lowest BCUT2D eigenvalue weighted by atomic mass is 9.87. The summed E-state index contributed by atoms with van der Waals surface area (Å²) in [6.45, 7) is 10.8. The van der Waals surface area contributed by atoms with Crippen molar-refractivity contribution in [3.05, 3.63) is 35.4 Å². The lowest BCUT2D eigenvalue weighted by Gasteiger charge is -2.19. The van der Waals surface area contributed by atoms with E-state index in [-0.39, 0.29) is 11.3 Å². The van der Waals surface area contributed by atoms with Gasteiger partial charge in [-0.1, -0.05) is 46.8 Å². The summed E-state index contributed by atoms with van der Waals surface area (Å²) in [7, 11) is 0. The minimum Gasteiger partial charge on any atom is -0.391 e. The molecule has 1 amide bonds. The smallest absolute Gasteiger partial charge is 0.251 e. The minimum absolute atomic E-state index is 0.0858. The van der Waals surface area contributed by atoms with Crippen molar-refractivity contribution in [2.24, 2.45) is 5.92 Å². The van der Waals surface area contributed by atoms with E-state index in [4.69, 9.17) is 0 Å². The molecule has 2 N–H and O–H groups in total. The normalized spacial score (nSPS) is 13.3. The molecule has 0 aliphatic rings. The Kier molecular flexibility index (Phi) is 5.75. The number of aliphatic hydroxyl groups excluding tert-OH is 1. The molecule has 3 heteroatoms. The number of carbonyl (C=O) groups is 1. The van der Waals surface area contributed by atoms with E-state index in [1.54, 1.807) is 0 Å². The molecule has 0 aliphatic carbocycles. The summed E-state index contributed by atoms with van der Waals surface area (Å²) >= 11 is 0. The number of aliphatic hydroxyl groups is 1. The largest absolute Gasteiger partial charge is 0.391 e. The van der Waals surface area contributed by atoms with E-state index in [1.807, 2.05) is 24.3 Å². The molecule has 0 aromatic heterocycles. The van der Waals surface area contributed by atoms with E-state index in [1.165, 1.54) is 5.56 Å². The molecule has 112 valence electrons. The van der Waals surface area contributed by atoms with Crippen molar-refractivity contribution in [3.8, 4) is 0 Å². The lowest BCUT2D eigenvalue weighted by Crippen LogP contribution is -2.32. The molecule has 0 fully saturated rings. The number of benzene rings is 1. The van der Waals surface area contributed by atoms with Crippen LogP contribution < -0.4 is 5.32 Å². The Balaban J connectivity index is 2.56. The van der Waals surface area contributed by atoms with E-state index in [2.05, 4.69) is 39.9 Å². The van der Waals surface area contributed by atoms with Gasteiger partial charge in [-0.2, -0.15) is 0 Å². The molecule has 1 rings (SSSR count). The Morgan fingerprint density at radius 1 is 1.20 bits per heavy atom. The highest BCUT2D eigenvalue weighted by molar-refractivity contribution is 5.94. The molecule has 1 aromatic rings. The third kappa shape index (κ3) is 5.33. The molecule has 0 heterocycles. The maximum atomic E-state index is 12.0. The van der Waals surface area contributed by atoms with Gasteiger partial charge in [-0.15, -0.1) is 0 Å². The number of carbonyl (C=O) groups excluding carboxylic acids is 1. The zero-order valence-electron chi connectivity index (χ0n) is 13.2. The monoisotopic (exact) mass is 277 g/mol. The fraction of sp³-hybridized carbons (Fsp3) is 0.588. The summed E-state index contributed by atoms with van der Waals surface area (Å²) < 4.78 is 0. The second-order valence-corrected chi connectivity index (χ2v) is 6.82. The van der Waals surface area contributed by atoms with Crippen LogP contribution in [0.2, 0.25) is 0 Å². The van der Waals surface area contributed by atoms with Gasteiger partial charge in [0.1, 0.15) is 0 Å². The molecule has 0 aliphatic heterocycles. The van der Waals surface area contributed by atoms with E-state index in [0.717, 1.165) is 0 Å². The highest BCUT2D eigenvalue weighted by atomic mass is 16.3. The van der Waals surface area contributed by atoms with Crippen molar-refractivity contribution in [2.45, 2.75) is 52.6 Å². The zero-order valence-corrected chi connectivity index (χ0v) is 13.2. The summed E-state index contributed by atoms with van der Waals surface area (Å²) in [5.74, 6) is 0.293. The number of hydrogen-bond acceptors (Lipinski definition) is 2. The van der Waals surface area contributed by atoms with Crippen LogP contribution in [-0.4, -0.2) is 23.7 Å². The van der Waals surface area contributed by atoms with Gasteiger partial charge in [0.15, 0.2) is 0 Å². The maximum absolute atomic E-state index is 12.0. The van der Waals surface area contributed by atoms with E-state index in [0.29, 0.717) is 24.4 Å². The van der Waals surface area contributed by atoms with Gasteiger partial charge < -0.3 is 10.4 Å². The first-order valence-corrected chi connectivity index (χ1v) is 7.27. The van der Waals surface area contributed by atoms with Crippen LogP contribution in [0.1, 0.15) is 57.0 Å². The van der Waals surface area contributed by atoms with Crippen molar-refractivity contribution in [2.75, 3.05) is 6.54 Å². The predicted molar refractivity (Wildman–Crippen MR) is 82.9 cm³/mol. The fourth-order valence-corrected chi connectivity index (χ4v) is 2.06. The molecule has 0 bridgehead atoms. The highest BCUT2D eigenvalue weighted by Crippen LogP contribution is 2.22. The lowest BCUT2D eigenvalue weighted by molar-refractivity contribution is 0.0900. The molecule has 0 saturated heterocycles. The third-order valence-corrected chi connectivity index (χ3v) is 3.25. The highest BCUT2D eigenvalue weighted by Gasteiger charge is 2.15. The molecule has 0 spiro atoms. The standard InChI is InChI=1S/C17H27NO2/c1-12(2)10-15(19)11-18-16(20)13-6-8-14(9-7-13)17(3,4)5/h6-9,12,15,19H,10-11H2,1-5H3,(H,18,20). The first-order valence-electron chi connectivity index (χ1n) is 7.27. The zero-order chi connectivity index (χ0) is 15.3. The van der Waals surface area contributed by atoms with Crippen LogP contribution in [0.15, 0.2) is 24.3 Å². The van der Waals surface area contributed by atoms with Crippen LogP contribution in [0.25, 0.3) is 0 Å². The van der Waals surface area contributed by atoms with Gasteiger partial charge in [-0.05, 0) is 35.4 Å². The average Bonchev–Trinajstić information content (AvgIpc) is 2.34. The number of hydrogen-bond donors (Lipinski definition) is 2. The van der Waals surface area contributed by atoms with Crippen molar-refractivity contribution in [3.63, 3.8) is 0 Å². The van der Waals surface area contributed by atoms with Gasteiger partial charge in [-0.25, -0.2) is 0 Å². The van der Waals surface area contributed by atoms with Gasteiger partial charge in [0.25, 0.3) is 5.91 Å². The van der Waals surface area contributed by atoms with E-state index < -0.39 is 6.10 Å². The molecular weight excluding hydrogens is 250 g/mol. The van der Waals surface area contributed by atoms with Crippen molar-refractivity contribution >= 4 is 5.91 Å². The summed E-state index contributed by atoms with van der Waals surface area (Å²) in [5.41, 5.74) is 1.92. The molecule has 1 atom stereocenters. The molecule has 1 aromatic carbocycles. The van der Waals surface area contributed by atoms with Gasteiger partial charge in [0.05, 0.1) is 6.10 Å². The number of nitrogens with one attached hydrogen (secondary N) is 1. The molecule has 20 heavy (non-hydrogen) atoms. The second kappa shape index (κ2) is 6.89. The van der Waals surface area contributed by atoms with Gasteiger partial charge in [-0.3, -0.25) is 4.79 Å². The van der Waals surface area contributed by atoms with Crippen molar-refractivity contribution in [1.29, 1.82) is 0 Å². The Bertz CT molecular complexity index is 429. The second-order valence-electron chi connectivity index (χ2n) is 6.82. The predicted octanol–water partition coefficient (Wildman–Crippen LogP) is 3.12. The number of rotatable bonds is 5. The van der Waals surface area contributed by atoms with Crippen LogP contribution in [0, 0.1) is 5.92 Å². The first-order chi connectivity index (χ1) is 9.20. The van der Waals surface area contributed by atoms with Crippen LogP contribution in [0.4, 0.5) is 0 Å². The minimum atomic E-state index is -0.479. The van der Waals surface area contributed by atoms with Gasteiger partial charge >= 0.3 is 0 Å². The molecule has 0 saturated carbocycles. The number of amides is 1.